The van der Waals surface area contributed by atoms with Crippen molar-refractivity contribution in [1.82, 2.24) is 0 Å². The zero-order chi connectivity index (χ0) is 21.0. The molecule has 0 spiro atoms. The third kappa shape index (κ3) is 5.85. The number of phenols is 1. The SMILES string of the molecule is Cc1ccc(Sc2ccc(NC(=O)Cc3ccc(O)c(S(C)(=O)=O)c3)cc2)cc1. The van der Waals surface area contributed by atoms with Gasteiger partial charge in [0.05, 0.1) is 6.42 Å². The van der Waals surface area contributed by atoms with Gasteiger partial charge in [-0.15, -0.1) is 0 Å². The van der Waals surface area contributed by atoms with Gasteiger partial charge >= 0.3 is 0 Å². The lowest BCUT2D eigenvalue weighted by molar-refractivity contribution is -0.115. The lowest BCUT2D eigenvalue weighted by Gasteiger charge is -2.09. The molecular weight excluding hydrogens is 406 g/mol. The molecule has 5 nitrogen and oxygen atoms in total. The van der Waals surface area contributed by atoms with Crippen LogP contribution < -0.4 is 5.32 Å². The molecule has 3 aromatic rings. The molecule has 0 fully saturated rings. The fourth-order valence-electron chi connectivity index (χ4n) is 2.70. The first-order valence-corrected chi connectivity index (χ1v) is 11.6. The van der Waals surface area contributed by atoms with Crippen LogP contribution in [0.3, 0.4) is 0 Å². The van der Waals surface area contributed by atoms with Crippen LogP contribution in [0.2, 0.25) is 0 Å². The van der Waals surface area contributed by atoms with E-state index >= 15 is 0 Å². The molecule has 0 saturated carbocycles. The quantitative estimate of drug-likeness (QED) is 0.608. The van der Waals surface area contributed by atoms with Gasteiger partial charge in [-0.2, -0.15) is 0 Å². The predicted octanol–water partition coefficient (Wildman–Crippen LogP) is 4.44. The second kappa shape index (κ2) is 8.71. The van der Waals surface area contributed by atoms with E-state index in [1.165, 1.54) is 23.8 Å². The van der Waals surface area contributed by atoms with Gasteiger partial charge in [0.1, 0.15) is 10.6 Å². The van der Waals surface area contributed by atoms with E-state index in [0.717, 1.165) is 16.0 Å². The Morgan fingerprint density at radius 1 is 0.966 bits per heavy atom. The molecule has 150 valence electrons. The van der Waals surface area contributed by atoms with Gasteiger partial charge in [0.15, 0.2) is 9.84 Å². The van der Waals surface area contributed by atoms with Crippen molar-refractivity contribution in [2.24, 2.45) is 0 Å². The molecule has 0 saturated heterocycles. The van der Waals surface area contributed by atoms with Crippen molar-refractivity contribution in [3.8, 4) is 5.75 Å². The van der Waals surface area contributed by atoms with Crippen molar-refractivity contribution in [2.75, 3.05) is 11.6 Å². The normalized spacial score (nSPS) is 11.2. The van der Waals surface area contributed by atoms with Crippen LogP contribution in [0.5, 0.6) is 5.75 Å². The van der Waals surface area contributed by atoms with Gasteiger partial charge < -0.3 is 10.4 Å². The van der Waals surface area contributed by atoms with Crippen LogP contribution in [0.25, 0.3) is 0 Å². The maximum atomic E-state index is 12.3. The first kappa shape index (κ1) is 21.0. The highest BCUT2D eigenvalue weighted by atomic mass is 32.2. The second-order valence-electron chi connectivity index (χ2n) is 6.74. The van der Waals surface area contributed by atoms with Crippen LogP contribution in [0.4, 0.5) is 5.69 Å². The topological polar surface area (TPSA) is 83.5 Å². The highest BCUT2D eigenvalue weighted by molar-refractivity contribution is 7.99. The average Bonchev–Trinajstić information content (AvgIpc) is 2.66. The van der Waals surface area contributed by atoms with E-state index in [4.69, 9.17) is 0 Å². The molecular formula is C22H21NO4S2. The summed E-state index contributed by atoms with van der Waals surface area (Å²) in [6, 6.07) is 19.9. The smallest absolute Gasteiger partial charge is 0.228 e. The third-order valence-electron chi connectivity index (χ3n) is 4.18. The summed E-state index contributed by atoms with van der Waals surface area (Å²) in [6.45, 7) is 2.05. The number of anilines is 1. The Labute approximate surface area is 174 Å². The van der Waals surface area contributed by atoms with Crippen molar-refractivity contribution >= 4 is 33.2 Å². The van der Waals surface area contributed by atoms with Crippen LogP contribution in [0, 0.1) is 6.92 Å². The van der Waals surface area contributed by atoms with E-state index in [2.05, 4.69) is 29.6 Å². The molecule has 3 aromatic carbocycles. The highest BCUT2D eigenvalue weighted by Gasteiger charge is 2.15. The lowest BCUT2D eigenvalue weighted by atomic mass is 10.1. The first-order chi connectivity index (χ1) is 13.7. The zero-order valence-corrected chi connectivity index (χ0v) is 17.7. The fourth-order valence-corrected chi connectivity index (χ4v) is 4.33. The molecule has 0 aliphatic carbocycles. The summed E-state index contributed by atoms with van der Waals surface area (Å²) in [6.07, 6.45) is 1.02. The van der Waals surface area contributed by atoms with E-state index in [1.807, 2.05) is 31.2 Å². The molecule has 7 heteroatoms. The summed E-state index contributed by atoms with van der Waals surface area (Å²) in [7, 11) is -3.57. The number of benzene rings is 3. The van der Waals surface area contributed by atoms with Gasteiger partial charge in [0, 0.05) is 21.7 Å². The summed E-state index contributed by atoms with van der Waals surface area (Å²) in [5.41, 5.74) is 2.38. The van der Waals surface area contributed by atoms with Crippen molar-refractivity contribution in [3.05, 3.63) is 77.9 Å². The molecule has 0 aromatic heterocycles. The predicted molar refractivity (Wildman–Crippen MR) is 115 cm³/mol. The summed E-state index contributed by atoms with van der Waals surface area (Å²) in [5.74, 6) is -0.590. The molecule has 0 bridgehead atoms. The number of hydrogen-bond acceptors (Lipinski definition) is 5. The van der Waals surface area contributed by atoms with Crippen molar-refractivity contribution in [1.29, 1.82) is 0 Å². The largest absolute Gasteiger partial charge is 0.507 e. The van der Waals surface area contributed by atoms with Gasteiger partial charge in [-0.3, -0.25) is 4.79 Å². The van der Waals surface area contributed by atoms with E-state index in [9.17, 15) is 18.3 Å². The fraction of sp³-hybridized carbons (Fsp3) is 0.136. The average molecular weight is 428 g/mol. The zero-order valence-electron chi connectivity index (χ0n) is 16.0. The summed E-state index contributed by atoms with van der Waals surface area (Å²) < 4.78 is 23.4. The highest BCUT2D eigenvalue weighted by Crippen LogP contribution is 2.29. The molecule has 0 heterocycles. The van der Waals surface area contributed by atoms with Crippen LogP contribution in [0.15, 0.2) is 81.4 Å². The molecule has 0 atom stereocenters. The number of aromatic hydroxyl groups is 1. The molecule has 0 aliphatic rings. The Morgan fingerprint density at radius 3 is 2.14 bits per heavy atom. The molecule has 0 radical (unpaired) electrons. The van der Waals surface area contributed by atoms with E-state index in [0.29, 0.717) is 11.3 Å². The minimum Gasteiger partial charge on any atom is -0.507 e. The van der Waals surface area contributed by atoms with E-state index in [1.54, 1.807) is 11.8 Å². The number of rotatable bonds is 6. The minimum atomic E-state index is -3.57. The number of nitrogens with one attached hydrogen (secondary N) is 1. The number of carbonyl (C=O) groups excluding carboxylic acids is 1. The minimum absolute atomic E-state index is 0.00265. The first-order valence-electron chi connectivity index (χ1n) is 8.87. The summed E-state index contributed by atoms with van der Waals surface area (Å²) in [5, 5.41) is 12.5. The summed E-state index contributed by atoms with van der Waals surface area (Å²) in [4.78, 5) is 14.3. The van der Waals surface area contributed by atoms with Gasteiger partial charge in [-0.25, -0.2) is 8.42 Å². The Hall–Kier alpha value is -2.77. The number of sulfone groups is 1. The lowest BCUT2D eigenvalue weighted by Crippen LogP contribution is -2.14. The van der Waals surface area contributed by atoms with Gasteiger partial charge in [-0.1, -0.05) is 35.5 Å². The van der Waals surface area contributed by atoms with Crippen LogP contribution >= 0.6 is 11.8 Å². The summed E-state index contributed by atoms with van der Waals surface area (Å²) >= 11 is 1.64. The van der Waals surface area contributed by atoms with E-state index < -0.39 is 9.84 Å². The Morgan fingerprint density at radius 2 is 1.55 bits per heavy atom. The molecule has 29 heavy (non-hydrogen) atoms. The second-order valence-corrected chi connectivity index (χ2v) is 9.87. The maximum absolute atomic E-state index is 12.3. The monoisotopic (exact) mass is 427 g/mol. The van der Waals surface area contributed by atoms with Crippen LogP contribution in [-0.2, 0) is 21.1 Å². The molecule has 1 amide bonds. The van der Waals surface area contributed by atoms with Crippen LogP contribution in [0.1, 0.15) is 11.1 Å². The maximum Gasteiger partial charge on any atom is 0.228 e. The molecule has 0 aliphatic heterocycles. The Kier molecular flexibility index (Phi) is 6.30. The van der Waals surface area contributed by atoms with Gasteiger partial charge in [0.2, 0.25) is 5.91 Å². The van der Waals surface area contributed by atoms with Crippen LogP contribution in [-0.4, -0.2) is 25.7 Å². The Balaban J connectivity index is 1.63. The Bertz CT molecular complexity index is 1120. The van der Waals surface area contributed by atoms with Gasteiger partial charge in [-0.05, 0) is 61.0 Å². The number of phenolic OH excluding ortho intramolecular Hbond substituents is 1. The number of carbonyl (C=O) groups is 1. The molecule has 0 unspecified atom stereocenters. The van der Waals surface area contributed by atoms with Crippen molar-refractivity contribution < 1.29 is 18.3 Å². The van der Waals surface area contributed by atoms with Crippen molar-refractivity contribution in [2.45, 2.75) is 28.0 Å². The number of aryl methyl sites for hydroxylation is 1. The molecule has 3 rings (SSSR count). The third-order valence-corrected chi connectivity index (χ3v) is 6.32. The van der Waals surface area contributed by atoms with Crippen molar-refractivity contribution in [3.63, 3.8) is 0 Å². The van der Waals surface area contributed by atoms with E-state index in [-0.39, 0.29) is 23.0 Å². The van der Waals surface area contributed by atoms with Gasteiger partial charge in [0.25, 0.3) is 0 Å². The standard InChI is InChI=1S/C22H21NO4S2/c1-15-3-8-18(9-4-15)28-19-10-6-17(7-11-19)23-22(25)14-16-5-12-20(24)21(13-16)29(2,26)27/h3-13,24H,14H2,1-2H3,(H,23,25). The number of amides is 1. The number of hydrogen-bond donors (Lipinski definition) is 2. The molecule has 2 N–H and O–H groups in total.